The van der Waals surface area contributed by atoms with E-state index in [0.717, 1.165) is 18.5 Å². The van der Waals surface area contributed by atoms with Gasteiger partial charge in [0.05, 0.1) is 10.9 Å². The quantitative estimate of drug-likeness (QED) is 0.485. The van der Waals surface area contributed by atoms with Crippen molar-refractivity contribution in [3.63, 3.8) is 0 Å². The van der Waals surface area contributed by atoms with Crippen LogP contribution in [-0.4, -0.2) is 67.7 Å². The number of fused-ring (bicyclic) bond motifs is 1. The number of aryl methyl sites for hydroxylation is 2. The van der Waals surface area contributed by atoms with Gasteiger partial charge in [-0.05, 0) is 60.5 Å². The van der Waals surface area contributed by atoms with E-state index >= 15 is 0 Å². The van der Waals surface area contributed by atoms with Crippen molar-refractivity contribution in [2.75, 3.05) is 39.3 Å². The van der Waals surface area contributed by atoms with Gasteiger partial charge in [0, 0.05) is 50.6 Å². The Bertz CT molecular complexity index is 1330. The van der Waals surface area contributed by atoms with Gasteiger partial charge in [-0.1, -0.05) is 42.0 Å². The van der Waals surface area contributed by atoms with Crippen molar-refractivity contribution in [3.8, 4) is 0 Å². The standard InChI is InChI=1S/C28H33N3O3S2/c1-21-7-9-23(10-8-21)36(33,34)31-18-16-29(17-19-31)27(32)12-15-30-14-11-26-25(13-20-35-26)28(30)24-6-4-3-5-22(24)2/h3-10,13,20,28H,11-12,14-19H2,1-2H3. The predicted octanol–water partition coefficient (Wildman–Crippen LogP) is 4.24. The first kappa shape index (κ1) is 25.1. The molecule has 1 unspecified atom stereocenters. The first-order valence-corrected chi connectivity index (χ1v) is 14.9. The summed E-state index contributed by atoms with van der Waals surface area (Å²) in [6.07, 6.45) is 1.45. The summed E-state index contributed by atoms with van der Waals surface area (Å²) in [6.45, 7) is 7.24. The van der Waals surface area contributed by atoms with Crippen LogP contribution in [0.2, 0.25) is 0 Å². The lowest BCUT2D eigenvalue weighted by Gasteiger charge is -2.38. The van der Waals surface area contributed by atoms with Gasteiger partial charge in [0.15, 0.2) is 0 Å². The van der Waals surface area contributed by atoms with Crippen LogP contribution >= 0.6 is 11.3 Å². The number of piperazine rings is 1. The topological polar surface area (TPSA) is 60.9 Å². The fraction of sp³-hybridized carbons (Fsp3) is 0.393. The molecule has 0 spiro atoms. The number of carbonyl (C=O) groups excluding carboxylic acids is 1. The molecule has 2 aliphatic heterocycles. The van der Waals surface area contributed by atoms with E-state index < -0.39 is 10.0 Å². The van der Waals surface area contributed by atoms with Gasteiger partial charge < -0.3 is 4.90 Å². The minimum Gasteiger partial charge on any atom is -0.340 e. The number of amides is 1. The molecular formula is C28H33N3O3S2. The van der Waals surface area contributed by atoms with Gasteiger partial charge in [-0.3, -0.25) is 9.69 Å². The molecule has 0 N–H and O–H groups in total. The van der Waals surface area contributed by atoms with E-state index in [0.29, 0.717) is 44.0 Å². The molecule has 0 aliphatic carbocycles. The van der Waals surface area contributed by atoms with E-state index in [4.69, 9.17) is 0 Å². The van der Waals surface area contributed by atoms with E-state index in [1.165, 1.54) is 25.9 Å². The zero-order chi connectivity index (χ0) is 25.3. The van der Waals surface area contributed by atoms with Crippen LogP contribution < -0.4 is 0 Å². The van der Waals surface area contributed by atoms with E-state index in [9.17, 15) is 13.2 Å². The van der Waals surface area contributed by atoms with Crippen molar-refractivity contribution in [1.29, 1.82) is 0 Å². The molecule has 1 fully saturated rings. The average molecular weight is 524 g/mol. The third-order valence-corrected chi connectivity index (χ3v) is 10.3. The van der Waals surface area contributed by atoms with Gasteiger partial charge in [0.25, 0.3) is 0 Å². The van der Waals surface area contributed by atoms with Crippen LogP contribution in [0.5, 0.6) is 0 Å². The second-order valence-electron chi connectivity index (χ2n) is 9.69. The van der Waals surface area contributed by atoms with E-state index in [2.05, 4.69) is 47.5 Å². The molecule has 1 amide bonds. The van der Waals surface area contributed by atoms with Crippen molar-refractivity contribution in [2.24, 2.45) is 0 Å². The maximum atomic E-state index is 13.1. The third kappa shape index (κ3) is 5.00. The molecule has 0 bridgehead atoms. The molecule has 1 saturated heterocycles. The van der Waals surface area contributed by atoms with Crippen molar-refractivity contribution >= 4 is 27.3 Å². The van der Waals surface area contributed by atoms with Gasteiger partial charge in [0.2, 0.25) is 15.9 Å². The minimum atomic E-state index is -3.53. The average Bonchev–Trinajstić information content (AvgIpc) is 3.37. The molecule has 0 radical (unpaired) electrons. The van der Waals surface area contributed by atoms with Gasteiger partial charge in [-0.25, -0.2) is 8.42 Å². The van der Waals surface area contributed by atoms with Gasteiger partial charge in [-0.2, -0.15) is 4.31 Å². The summed E-state index contributed by atoms with van der Waals surface area (Å²) >= 11 is 1.82. The molecule has 5 rings (SSSR count). The Hall–Kier alpha value is -2.52. The van der Waals surface area contributed by atoms with Crippen LogP contribution in [0, 0.1) is 13.8 Å². The third-order valence-electron chi connectivity index (χ3n) is 7.41. The maximum Gasteiger partial charge on any atom is 0.243 e. The summed E-state index contributed by atoms with van der Waals surface area (Å²) in [5.41, 5.74) is 4.96. The first-order valence-electron chi connectivity index (χ1n) is 12.5. The van der Waals surface area contributed by atoms with Crippen molar-refractivity contribution < 1.29 is 13.2 Å². The van der Waals surface area contributed by atoms with Crippen LogP contribution in [0.3, 0.4) is 0 Å². The molecule has 2 aromatic carbocycles. The molecule has 6 nitrogen and oxygen atoms in total. The number of sulfonamides is 1. The maximum absolute atomic E-state index is 13.1. The Labute approximate surface area is 218 Å². The first-order chi connectivity index (χ1) is 17.3. The highest BCUT2D eigenvalue weighted by Crippen LogP contribution is 2.38. The molecule has 1 aromatic heterocycles. The summed E-state index contributed by atoms with van der Waals surface area (Å²) in [7, 11) is -3.53. The summed E-state index contributed by atoms with van der Waals surface area (Å²) in [4.78, 5) is 19.2. The van der Waals surface area contributed by atoms with Crippen molar-refractivity contribution in [3.05, 3.63) is 87.1 Å². The van der Waals surface area contributed by atoms with E-state index in [1.54, 1.807) is 12.1 Å². The number of thiophene rings is 1. The number of hydrogen-bond acceptors (Lipinski definition) is 5. The summed E-state index contributed by atoms with van der Waals surface area (Å²) in [5.74, 6) is 0.0991. The lowest BCUT2D eigenvalue weighted by molar-refractivity contribution is -0.132. The Morgan fingerprint density at radius 3 is 2.36 bits per heavy atom. The zero-order valence-electron chi connectivity index (χ0n) is 20.9. The van der Waals surface area contributed by atoms with Gasteiger partial charge in [0.1, 0.15) is 0 Å². The monoisotopic (exact) mass is 523 g/mol. The molecule has 36 heavy (non-hydrogen) atoms. The molecule has 0 saturated carbocycles. The highest BCUT2D eigenvalue weighted by molar-refractivity contribution is 7.89. The molecule has 2 aliphatic rings. The van der Waals surface area contributed by atoms with E-state index in [-0.39, 0.29) is 11.9 Å². The SMILES string of the molecule is Cc1ccc(S(=O)(=O)N2CCN(C(=O)CCN3CCc4sccc4C3c3ccccc3C)CC2)cc1. The highest BCUT2D eigenvalue weighted by atomic mass is 32.2. The number of hydrogen-bond donors (Lipinski definition) is 0. The molecule has 3 aromatic rings. The Kier molecular flexibility index (Phi) is 7.30. The zero-order valence-corrected chi connectivity index (χ0v) is 22.5. The summed E-state index contributed by atoms with van der Waals surface area (Å²) in [5, 5.41) is 2.18. The lowest BCUT2D eigenvalue weighted by atomic mass is 9.90. The van der Waals surface area contributed by atoms with Crippen LogP contribution in [0.25, 0.3) is 0 Å². The van der Waals surface area contributed by atoms with Crippen LogP contribution in [0.4, 0.5) is 0 Å². The van der Waals surface area contributed by atoms with Crippen LogP contribution in [0.15, 0.2) is 64.9 Å². The minimum absolute atomic E-state index is 0.0991. The van der Waals surface area contributed by atoms with Crippen molar-refractivity contribution in [2.45, 2.75) is 37.6 Å². The second kappa shape index (κ2) is 10.5. The number of benzene rings is 2. The fourth-order valence-electron chi connectivity index (χ4n) is 5.30. The molecule has 8 heteroatoms. The predicted molar refractivity (Wildman–Crippen MR) is 144 cm³/mol. The van der Waals surface area contributed by atoms with Crippen molar-refractivity contribution in [1.82, 2.24) is 14.1 Å². The molecule has 190 valence electrons. The highest BCUT2D eigenvalue weighted by Gasteiger charge is 2.33. The van der Waals surface area contributed by atoms with E-state index in [1.807, 2.05) is 35.3 Å². The lowest BCUT2D eigenvalue weighted by Crippen LogP contribution is -2.51. The molecular weight excluding hydrogens is 490 g/mol. The molecule has 3 heterocycles. The second-order valence-corrected chi connectivity index (χ2v) is 12.6. The smallest absolute Gasteiger partial charge is 0.243 e. The molecule has 1 atom stereocenters. The summed E-state index contributed by atoms with van der Waals surface area (Å²) in [6, 6.07) is 17.9. The van der Waals surface area contributed by atoms with Gasteiger partial charge in [-0.15, -0.1) is 11.3 Å². The van der Waals surface area contributed by atoms with Crippen LogP contribution in [0.1, 0.15) is 39.6 Å². The largest absolute Gasteiger partial charge is 0.340 e. The Morgan fingerprint density at radius 2 is 1.64 bits per heavy atom. The summed E-state index contributed by atoms with van der Waals surface area (Å²) < 4.78 is 27.5. The van der Waals surface area contributed by atoms with Crippen LogP contribution in [-0.2, 0) is 21.2 Å². The fourth-order valence-corrected chi connectivity index (χ4v) is 7.63. The normalized spacial score (nSPS) is 19.3. The number of carbonyl (C=O) groups is 1. The number of nitrogens with zero attached hydrogens (tertiary/aromatic N) is 3. The Balaban J connectivity index is 1.22. The van der Waals surface area contributed by atoms with Gasteiger partial charge >= 0.3 is 0 Å². The number of rotatable bonds is 6. The Morgan fingerprint density at radius 1 is 0.917 bits per heavy atom.